The fourth-order valence-corrected chi connectivity index (χ4v) is 2.90. The van der Waals surface area contributed by atoms with Gasteiger partial charge >= 0.3 is 5.97 Å². The molecule has 0 amide bonds. The number of nitrogens with one attached hydrogen (secondary N) is 1. The quantitative estimate of drug-likeness (QED) is 0.873. The highest BCUT2D eigenvalue weighted by Crippen LogP contribution is 2.37. The van der Waals surface area contributed by atoms with Gasteiger partial charge in [-0.05, 0) is 26.0 Å². The molecule has 0 saturated heterocycles. The molecule has 7 heteroatoms. The van der Waals surface area contributed by atoms with E-state index in [2.05, 4.69) is 15.3 Å². The van der Waals surface area contributed by atoms with E-state index in [1.54, 1.807) is 13.0 Å². The lowest BCUT2D eigenvalue weighted by atomic mass is 10.4. The Hall–Kier alpha value is -1.79. The highest BCUT2D eigenvalue weighted by atomic mass is 35.5. The van der Waals surface area contributed by atoms with Gasteiger partial charge < -0.3 is 10.4 Å². The molecule has 0 saturated carbocycles. The first-order valence-corrected chi connectivity index (χ1v) is 7.50. The maximum absolute atomic E-state index is 11.1. The zero-order valence-corrected chi connectivity index (χ0v) is 13.1. The molecule has 0 spiro atoms. The third-order valence-corrected chi connectivity index (χ3v) is 4.33. The van der Waals surface area contributed by atoms with Crippen molar-refractivity contribution in [1.82, 2.24) is 9.97 Å². The van der Waals surface area contributed by atoms with Crippen LogP contribution < -0.4 is 5.32 Å². The summed E-state index contributed by atoms with van der Waals surface area (Å²) < 4.78 is 0. The average Bonchev–Trinajstić information content (AvgIpc) is 2.44. The van der Waals surface area contributed by atoms with E-state index in [0.29, 0.717) is 23.1 Å². The van der Waals surface area contributed by atoms with Crippen molar-refractivity contribution in [2.75, 3.05) is 11.9 Å². The van der Waals surface area contributed by atoms with E-state index in [9.17, 15) is 4.79 Å². The summed E-state index contributed by atoms with van der Waals surface area (Å²) in [6.07, 6.45) is 0. The van der Waals surface area contributed by atoms with E-state index in [1.807, 2.05) is 25.1 Å². The molecule has 0 aliphatic carbocycles. The zero-order valence-electron chi connectivity index (χ0n) is 11.6. The van der Waals surface area contributed by atoms with Gasteiger partial charge in [-0.15, -0.1) is 0 Å². The number of aromatic carboxylic acids is 1. The summed E-state index contributed by atoms with van der Waals surface area (Å²) >= 11 is 7.58. The molecule has 1 aromatic heterocycles. The highest BCUT2D eigenvalue weighted by molar-refractivity contribution is 7.99. The largest absolute Gasteiger partial charge is 0.475 e. The first-order chi connectivity index (χ1) is 10.0. The second-order valence-electron chi connectivity index (χ2n) is 4.18. The molecule has 0 aliphatic heterocycles. The first kappa shape index (κ1) is 15.6. The minimum Gasteiger partial charge on any atom is -0.475 e. The average molecular weight is 324 g/mol. The number of rotatable bonds is 5. The predicted molar refractivity (Wildman–Crippen MR) is 83.5 cm³/mol. The van der Waals surface area contributed by atoms with Crippen LogP contribution >= 0.6 is 23.4 Å². The molecular weight excluding hydrogens is 310 g/mol. The van der Waals surface area contributed by atoms with Gasteiger partial charge in [-0.3, -0.25) is 0 Å². The van der Waals surface area contributed by atoms with E-state index < -0.39 is 5.97 Å². The minimum atomic E-state index is -1.15. The lowest BCUT2D eigenvalue weighted by molar-refractivity contribution is 0.0683. The molecule has 0 bridgehead atoms. The number of hydrogen-bond donors (Lipinski definition) is 2. The number of benzene rings is 1. The van der Waals surface area contributed by atoms with Crippen LogP contribution in [0.25, 0.3) is 0 Å². The maximum Gasteiger partial charge on any atom is 0.374 e. The van der Waals surface area contributed by atoms with Crippen LogP contribution in [0.1, 0.15) is 23.2 Å². The van der Waals surface area contributed by atoms with E-state index in [4.69, 9.17) is 16.7 Å². The van der Waals surface area contributed by atoms with Gasteiger partial charge in [-0.25, -0.2) is 14.8 Å². The molecule has 0 aliphatic rings. The van der Waals surface area contributed by atoms with Gasteiger partial charge in [0.2, 0.25) is 5.82 Å². The first-order valence-electron chi connectivity index (χ1n) is 6.31. The maximum atomic E-state index is 11.1. The van der Waals surface area contributed by atoms with Crippen molar-refractivity contribution in [3.63, 3.8) is 0 Å². The summed E-state index contributed by atoms with van der Waals surface area (Å²) in [5, 5.41) is 12.8. The van der Waals surface area contributed by atoms with Gasteiger partial charge in [-0.1, -0.05) is 35.5 Å². The molecule has 21 heavy (non-hydrogen) atoms. The normalized spacial score (nSPS) is 10.4. The number of hydrogen-bond acceptors (Lipinski definition) is 5. The SMILES string of the molecule is CCNc1nc(C(=O)O)nc(C)c1Sc1ccccc1Cl. The van der Waals surface area contributed by atoms with Crippen LogP contribution in [-0.2, 0) is 0 Å². The second kappa shape index (κ2) is 6.78. The van der Waals surface area contributed by atoms with Gasteiger partial charge in [0.15, 0.2) is 0 Å². The Morgan fingerprint density at radius 1 is 1.38 bits per heavy atom. The number of aromatic nitrogens is 2. The summed E-state index contributed by atoms with van der Waals surface area (Å²) in [5.74, 6) is -0.856. The summed E-state index contributed by atoms with van der Waals surface area (Å²) in [6, 6.07) is 7.45. The molecule has 5 nitrogen and oxygen atoms in total. The molecule has 0 radical (unpaired) electrons. The molecule has 2 N–H and O–H groups in total. The number of carbonyl (C=O) groups is 1. The molecule has 1 heterocycles. The molecule has 0 atom stereocenters. The molecular formula is C14H14ClN3O2S. The summed E-state index contributed by atoms with van der Waals surface area (Å²) in [7, 11) is 0. The third kappa shape index (κ3) is 3.65. The Morgan fingerprint density at radius 3 is 2.71 bits per heavy atom. The van der Waals surface area contributed by atoms with Crippen LogP contribution in [-0.4, -0.2) is 27.6 Å². The van der Waals surface area contributed by atoms with Crippen molar-refractivity contribution in [3.05, 3.63) is 40.8 Å². The fraction of sp³-hybridized carbons (Fsp3) is 0.214. The predicted octanol–water partition coefficient (Wildman–Crippen LogP) is 3.72. The van der Waals surface area contributed by atoms with E-state index in [-0.39, 0.29) is 5.82 Å². The highest BCUT2D eigenvalue weighted by Gasteiger charge is 2.17. The smallest absolute Gasteiger partial charge is 0.374 e. The van der Waals surface area contributed by atoms with Crippen LogP contribution in [0.2, 0.25) is 5.02 Å². The lowest BCUT2D eigenvalue weighted by Crippen LogP contribution is -2.11. The topological polar surface area (TPSA) is 75.1 Å². The molecule has 1 aromatic carbocycles. The van der Waals surface area contributed by atoms with Crippen molar-refractivity contribution in [2.45, 2.75) is 23.6 Å². The number of nitrogens with zero attached hydrogens (tertiary/aromatic N) is 2. The van der Waals surface area contributed by atoms with E-state index in [0.717, 1.165) is 9.79 Å². The Balaban J connectivity index is 2.47. The number of carboxylic acid groups (broad SMARTS) is 1. The van der Waals surface area contributed by atoms with Crippen molar-refractivity contribution in [2.24, 2.45) is 0 Å². The molecule has 0 unspecified atom stereocenters. The van der Waals surface area contributed by atoms with Gasteiger partial charge in [0.1, 0.15) is 5.82 Å². The van der Waals surface area contributed by atoms with Crippen molar-refractivity contribution >= 4 is 35.1 Å². The lowest BCUT2D eigenvalue weighted by Gasteiger charge is -2.13. The van der Waals surface area contributed by atoms with Gasteiger partial charge in [0, 0.05) is 11.4 Å². The van der Waals surface area contributed by atoms with Crippen LogP contribution in [0.5, 0.6) is 0 Å². The molecule has 110 valence electrons. The Labute approximate surface area is 131 Å². The standard InChI is InChI=1S/C14H14ClN3O2S/c1-3-16-12-11(8(2)17-13(18-12)14(19)20)21-10-7-5-4-6-9(10)15/h4-7H,3H2,1-2H3,(H,19,20)(H,16,17,18). The summed E-state index contributed by atoms with van der Waals surface area (Å²) in [5.41, 5.74) is 0.600. The Bertz CT molecular complexity index is 679. The summed E-state index contributed by atoms with van der Waals surface area (Å²) in [4.78, 5) is 20.8. The second-order valence-corrected chi connectivity index (χ2v) is 5.64. The minimum absolute atomic E-state index is 0.216. The monoisotopic (exact) mass is 323 g/mol. The Morgan fingerprint density at radius 2 is 2.10 bits per heavy atom. The third-order valence-electron chi connectivity index (χ3n) is 2.62. The fourth-order valence-electron chi connectivity index (χ4n) is 1.71. The van der Waals surface area contributed by atoms with Crippen LogP contribution in [0, 0.1) is 6.92 Å². The van der Waals surface area contributed by atoms with E-state index >= 15 is 0 Å². The number of anilines is 1. The Kier molecular flexibility index (Phi) is 5.03. The molecule has 0 fully saturated rings. The van der Waals surface area contributed by atoms with E-state index in [1.165, 1.54) is 11.8 Å². The van der Waals surface area contributed by atoms with Crippen molar-refractivity contribution < 1.29 is 9.90 Å². The zero-order chi connectivity index (χ0) is 15.4. The van der Waals surface area contributed by atoms with Gasteiger partial charge in [0.05, 0.1) is 15.6 Å². The van der Waals surface area contributed by atoms with Crippen molar-refractivity contribution in [1.29, 1.82) is 0 Å². The number of aryl methyl sites for hydroxylation is 1. The number of carboxylic acids is 1. The molecule has 2 aromatic rings. The van der Waals surface area contributed by atoms with Crippen LogP contribution in [0.4, 0.5) is 5.82 Å². The van der Waals surface area contributed by atoms with Gasteiger partial charge in [0.25, 0.3) is 0 Å². The van der Waals surface area contributed by atoms with Gasteiger partial charge in [-0.2, -0.15) is 0 Å². The van der Waals surface area contributed by atoms with Crippen LogP contribution in [0.3, 0.4) is 0 Å². The van der Waals surface area contributed by atoms with Crippen LogP contribution in [0.15, 0.2) is 34.1 Å². The number of halogens is 1. The van der Waals surface area contributed by atoms with Crippen molar-refractivity contribution in [3.8, 4) is 0 Å². The molecule has 2 rings (SSSR count). The summed E-state index contributed by atoms with van der Waals surface area (Å²) in [6.45, 7) is 4.31.